The standard InChI is InChI=1S/C11H17N3O2S/c1-7-9(10(15)16)17-11(12-7)14-5-4-8(6-14)13(2)3/h8H,4-6H2,1-3H3,(H,15,16). The molecule has 0 radical (unpaired) electrons. The molecular weight excluding hydrogens is 238 g/mol. The summed E-state index contributed by atoms with van der Waals surface area (Å²) >= 11 is 1.28. The zero-order chi connectivity index (χ0) is 12.6. The van der Waals surface area contributed by atoms with Crippen molar-refractivity contribution in [2.75, 3.05) is 32.1 Å². The van der Waals surface area contributed by atoms with Gasteiger partial charge in [-0.25, -0.2) is 9.78 Å². The summed E-state index contributed by atoms with van der Waals surface area (Å²) in [6, 6.07) is 0.535. The Bertz CT molecular complexity index is 430. The molecule has 1 saturated heterocycles. The molecule has 2 rings (SSSR count). The van der Waals surface area contributed by atoms with Gasteiger partial charge in [0.2, 0.25) is 0 Å². The zero-order valence-corrected chi connectivity index (χ0v) is 11.1. The van der Waals surface area contributed by atoms with E-state index < -0.39 is 5.97 Å². The van der Waals surface area contributed by atoms with Gasteiger partial charge in [0, 0.05) is 19.1 Å². The lowest BCUT2D eigenvalue weighted by Gasteiger charge is -2.19. The van der Waals surface area contributed by atoms with E-state index in [4.69, 9.17) is 5.11 Å². The van der Waals surface area contributed by atoms with Gasteiger partial charge in [-0.1, -0.05) is 11.3 Å². The molecule has 1 aromatic rings. The number of aromatic nitrogens is 1. The minimum absolute atomic E-state index is 0.355. The van der Waals surface area contributed by atoms with Crippen LogP contribution >= 0.6 is 11.3 Å². The Balaban J connectivity index is 2.14. The maximum atomic E-state index is 11.0. The van der Waals surface area contributed by atoms with Crippen LogP contribution in [0.3, 0.4) is 0 Å². The highest BCUT2D eigenvalue weighted by atomic mass is 32.1. The molecule has 2 heterocycles. The summed E-state index contributed by atoms with van der Waals surface area (Å²) in [5, 5.41) is 9.84. The van der Waals surface area contributed by atoms with Crippen LogP contribution in [0.25, 0.3) is 0 Å². The number of aryl methyl sites for hydroxylation is 1. The van der Waals surface area contributed by atoms with Crippen molar-refractivity contribution in [3.8, 4) is 0 Å². The van der Waals surface area contributed by atoms with Gasteiger partial charge in [-0.05, 0) is 27.4 Å². The highest BCUT2D eigenvalue weighted by Gasteiger charge is 2.27. The first kappa shape index (κ1) is 12.3. The summed E-state index contributed by atoms with van der Waals surface area (Å²) in [6.45, 7) is 3.64. The lowest BCUT2D eigenvalue weighted by atomic mass is 10.2. The van der Waals surface area contributed by atoms with Crippen molar-refractivity contribution < 1.29 is 9.90 Å². The van der Waals surface area contributed by atoms with Gasteiger partial charge in [-0.3, -0.25) is 0 Å². The van der Waals surface area contributed by atoms with Gasteiger partial charge in [0.15, 0.2) is 5.13 Å². The maximum Gasteiger partial charge on any atom is 0.347 e. The van der Waals surface area contributed by atoms with Crippen molar-refractivity contribution in [2.24, 2.45) is 0 Å². The van der Waals surface area contributed by atoms with Gasteiger partial charge >= 0.3 is 5.97 Å². The predicted molar refractivity (Wildman–Crippen MR) is 68.1 cm³/mol. The topological polar surface area (TPSA) is 56.7 Å². The lowest BCUT2D eigenvalue weighted by Crippen LogP contribution is -2.31. The first-order valence-corrected chi connectivity index (χ1v) is 6.42. The van der Waals surface area contributed by atoms with E-state index in [0.29, 0.717) is 16.6 Å². The van der Waals surface area contributed by atoms with E-state index in [1.165, 1.54) is 11.3 Å². The molecule has 5 nitrogen and oxygen atoms in total. The normalized spacial score (nSPS) is 20.2. The number of carboxylic acids is 1. The lowest BCUT2D eigenvalue weighted by molar-refractivity contribution is 0.0701. The molecule has 17 heavy (non-hydrogen) atoms. The Morgan fingerprint density at radius 1 is 1.59 bits per heavy atom. The number of nitrogens with zero attached hydrogens (tertiary/aromatic N) is 3. The number of rotatable bonds is 3. The van der Waals surface area contributed by atoms with Crippen molar-refractivity contribution in [1.82, 2.24) is 9.88 Å². The maximum absolute atomic E-state index is 11.0. The molecule has 1 aromatic heterocycles. The van der Waals surface area contributed by atoms with Gasteiger partial charge in [0.05, 0.1) is 5.69 Å². The van der Waals surface area contributed by atoms with Crippen molar-refractivity contribution in [3.63, 3.8) is 0 Å². The molecule has 6 heteroatoms. The molecular formula is C11H17N3O2S. The molecule has 94 valence electrons. The molecule has 0 aliphatic carbocycles. The van der Waals surface area contributed by atoms with Crippen molar-refractivity contribution in [1.29, 1.82) is 0 Å². The number of anilines is 1. The summed E-state index contributed by atoms with van der Waals surface area (Å²) in [5.74, 6) is -0.880. The summed E-state index contributed by atoms with van der Waals surface area (Å²) in [6.07, 6.45) is 1.11. The molecule has 1 atom stereocenters. The largest absolute Gasteiger partial charge is 0.477 e. The third-order valence-corrected chi connectivity index (χ3v) is 4.35. The Morgan fingerprint density at radius 2 is 2.29 bits per heavy atom. The van der Waals surface area contributed by atoms with Crippen LogP contribution in [-0.4, -0.2) is 54.2 Å². The Kier molecular flexibility index (Phi) is 3.35. The van der Waals surface area contributed by atoms with Crippen LogP contribution in [0.15, 0.2) is 0 Å². The van der Waals surface area contributed by atoms with Crippen LogP contribution in [0.5, 0.6) is 0 Å². The molecule has 1 fully saturated rings. The molecule has 1 aliphatic rings. The van der Waals surface area contributed by atoms with E-state index in [1.807, 2.05) is 0 Å². The molecule has 0 bridgehead atoms. The van der Waals surface area contributed by atoms with Crippen molar-refractivity contribution >= 4 is 22.4 Å². The molecule has 1 aliphatic heterocycles. The minimum atomic E-state index is -0.880. The summed E-state index contributed by atoms with van der Waals surface area (Å²) in [7, 11) is 4.15. The molecule has 0 spiro atoms. The fraction of sp³-hybridized carbons (Fsp3) is 0.636. The second-order valence-corrected chi connectivity index (χ2v) is 5.55. The molecule has 0 amide bonds. The van der Waals surface area contributed by atoms with Crippen LogP contribution in [-0.2, 0) is 0 Å². The highest BCUT2D eigenvalue weighted by molar-refractivity contribution is 7.17. The molecule has 1 unspecified atom stereocenters. The Morgan fingerprint density at radius 3 is 2.76 bits per heavy atom. The Hall–Kier alpha value is -1.14. The minimum Gasteiger partial charge on any atom is -0.477 e. The fourth-order valence-corrected chi connectivity index (χ4v) is 2.99. The zero-order valence-electron chi connectivity index (χ0n) is 10.3. The van der Waals surface area contributed by atoms with Gasteiger partial charge in [0.1, 0.15) is 4.88 Å². The number of likely N-dealkylation sites (N-methyl/N-ethyl adjacent to an activating group) is 1. The first-order chi connectivity index (χ1) is 7.99. The fourth-order valence-electron chi connectivity index (χ4n) is 2.05. The van der Waals surface area contributed by atoms with Gasteiger partial charge in [0.25, 0.3) is 0 Å². The van der Waals surface area contributed by atoms with Crippen molar-refractivity contribution in [3.05, 3.63) is 10.6 Å². The van der Waals surface area contributed by atoms with Gasteiger partial charge in [-0.2, -0.15) is 0 Å². The van der Waals surface area contributed by atoms with E-state index in [0.717, 1.165) is 24.6 Å². The third-order valence-electron chi connectivity index (χ3n) is 3.14. The van der Waals surface area contributed by atoms with E-state index in [2.05, 4.69) is 28.9 Å². The predicted octanol–water partition coefficient (Wildman–Crippen LogP) is 1.29. The number of hydrogen-bond acceptors (Lipinski definition) is 5. The molecule has 0 saturated carbocycles. The number of hydrogen-bond donors (Lipinski definition) is 1. The second kappa shape index (κ2) is 4.62. The van der Waals surface area contributed by atoms with Crippen LogP contribution < -0.4 is 4.90 Å². The van der Waals surface area contributed by atoms with E-state index in [-0.39, 0.29) is 0 Å². The summed E-state index contributed by atoms with van der Waals surface area (Å²) < 4.78 is 0. The Labute approximate surface area is 105 Å². The van der Waals surface area contributed by atoms with Crippen molar-refractivity contribution in [2.45, 2.75) is 19.4 Å². The first-order valence-electron chi connectivity index (χ1n) is 5.61. The average molecular weight is 255 g/mol. The van der Waals surface area contributed by atoms with Crippen LogP contribution in [0.1, 0.15) is 21.8 Å². The molecule has 1 N–H and O–H groups in total. The number of carboxylic acid groups (broad SMARTS) is 1. The highest BCUT2D eigenvalue weighted by Crippen LogP contribution is 2.29. The van der Waals surface area contributed by atoms with E-state index >= 15 is 0 Å². The monoisotopic (exact) mass is 255 g/mol. The average Bonchev–Trinajstić information content (AvgIpc) is 2.82. The smallest absolute Gasteiger partial charge is 0.347 e. The van der Waals surface area contributed by atoms with Crippen LogP contribution in [0.4, 0.5) is 5.13 Å². The number of carbonyl (C=O) groups is 1. The second-order valence-electron chi connectivity index (χ2n) is 4.57. The van der Waals surface area contributed by atoms with Crippen LogP contribution in [0.2, 0.25) is 0 Å². The van der Waals surface area contributed by atoms with Crippen LogP contribution in [0, 0.1) is 6.92 Å². The van der Waals surface area contributed by atoms with E-state index in [1.54, 1.807) is 6.92 Å². The van der Waals surface area contributed by atoms with E-state index in [9.17, 15) is 4.79 Å². The third kappa shape index (κ3) is 2.42. The summed E-state index contributed by atoms with van der Waals surface area (Å²) in [4.78, 5) is 20.1. The summed E-state index contributed by atoms with van der Waals surface area (Å²) in [5.41, 5.74) is 0.616. The number of thiazole rings is 1. The quantitative estimate of drug-likeness (QED) is 0.882. The SMILES string of the molecule is Cc1nc(N2CCC(N(C)C)C2)sc1C(=O)O. The molecule has 0 aromatic carbocycles. The number of aromatic carboxylic acids is 1. The van der Waals surface area contributed by atoms with Gasteiger partial charge in [-0.15, -0.1) is 0 Å². The van der Waals surface area contributed by atoms with Gasteiger partial charge < -0.3 is 14.9 Å².